The predicted molar refractivity (Wildman–Crippen MR) is 112 cm³/mol. The SMILES string of the molecule is O=C(CSc1nc(-c2ccccc2)cn1-c1ccccc1)Oc1ccc(F)cc1. The number of para-hydroxylation sites is 1. The van der Waals surface area contributed by atoms with Crippen molar-refractivity contribution in [2.45, 2.75) is 5.16 Å². The van der Waals surface area contributed by atoms with Crippen molar-refractivity contribution >= 4 is 17.7 Å². The molecule has 4 rings (SSSR count). The fourth-order valence-corrected chi connectivity index (χ4v) is 3.54. The second-order valence-corrected chi connectivity index (χ2v) is 7.14. The van der Waals surface area contributed by atoms with Gasteiger partial charge < -0.3 is 4.74 Å². The molecule has 0 aliphatic carbocycles. The average molecular weight is 404 g/mol. The van der Waals surface area contributed by atoms with Gasteiger partial charge in [-0.3, -0.25) is 9.36 Å². The number of aromatic nitrogens is 2. The Morgan fingerprint density at radius 1 is 0.931 bits per heavy atom. The Hall–Kier alpha value is -3.38. The summed E-state index contributed by atoms with van der Waals surface area (Å²) in [7, 11) is 0. The zero-order valence-electron chi connectivity index (χ0n) is 15.4. The molecule has 29 heavy (non-hydrogen) atoms. The highest BCUT2D eigenvalue weighted by Crippen LogP contribution is 2.27. The molecule has 0 bridgehead atoms. The van der Waals surface area contributed by atoms with Crippen LogP contribution in [0.25, 0.3) is 16.9 Å². The number of thioether (sulfide) groups is 1. The first kappa shape index (κ1) is 19.0. The maximum absolute atomic E-state index is 13.0. The average Bonchev–Trinajstić information content (AvgIpc) is 3.20. The summed E-state index contributed by atoms with van der Waals surface area (Å²) in [5, 5.41) is 0.686. The third-order valence-corrected chi connectivity index (χ3v) is 5.07. The molecular weight excluding hydrogens is 387 g/mol. The quantitative estimate of drug-likeness (QED) is 0.246. The molecule has 0 aliphatic heterocycles. The number of halogens is 1. The smallest absolute Gasteiger partial charge is 0.321 e. The van der Waals surface area contributed by atoms with Crippen LogP contribution in [0.5, 0.6) is 5.75 Å². The molecule has 3 aromatic carbocycles. The van der Waals surface area contributed by atoms with Crippen LogP contribution in [0.4, 0.5) is 4.39 Å². The lowest BCUT2D eigenvalue weighted by molar-refractivity contribution is -0.131. The summed E-state index contributed by atoms with van der Waals surface area (Å²) < 4.78 is 20.2. The number of imidazole rings is 1. The minimum atomic E-state index is -0.425. The minimum absolute atomic E-state index is 0.0788. The van der Waals surface area contributed by atoms with Crippen LogP contribution in [0.1, 0.15) is 0 Å². The molecular formula is C23H17FN2O2S. The van der Waals surface area contributed by atoms with E-state index >= 15 is 0 Å². The molecule has 0 saturated heterocycles. The number of carbonyl (C=O) groups is 1. The summed E-state index contributed by atoms with van der Waals surface area (Å²) in [6.07, 6.45) is 1.96. The molecule has 4 nitrogen and oxygen atoms in total. The van der Waals surface area contributed by atoms with Crippen molar-refractivity contribution in [1.82, 2.24) is 9.55 Å². The van der Waals surface area contributed by atoms with Crippen molar-refractivity contribution in [3.05, 3.63) is 96.9 Å². The fraction of sp³-hybridized carbons (Fsp3) is 0.0435. The number of carbonyl (C=O) groups excluding carboxylic acids is 1. The van der Waals surface area contributed by atoms with Gasteiger partial charge in [0.1, 0.15) is 11.6 Å². The Morgan fingerprint density at radius 2 is 1.59 bits per heavy atom. The molecule has 0 unspecified atom stereocenters. The minimum Gasteiger partial charge on any atom is -0.426 e. The number of benzene rings is 3. The van der Waals surface area contributed by atoms with E-state index < -0.39 is 5.97 Å². The summed E-state index contributed by atoms with van der Waals surface area (Å²) in [4.78, 5) is 16.9. The van der Waals surface area contributed by atoms with Crippen LogP contribution >= 0.6 is 11.8 Å². The Kier molecular flexibility index (Phi) is 5.72. The molecule has 0 aliphatic rings. The van der Waals surface area contributed by atoms with Gasteiger partial charge in [-0.05, 0) is 36.4 Å². The monoisotopic (exact) mass is 404 g/mol. The van der Waals surface area contributed by atoms with Crippen molar-refractivity contribution in [3.8, 4) is 22.7 Å². The second kappa shape index (κ2) is 8.75. The van der Waals surface area contributed by atoms with Crippen LogP contribution in [0, 0.1) is 5.82 Å². The van der Waals surface area contributed by atoms with Gasteiger partial charge in [-0.1, -0.05) is 60.3 Å². The van der Waals surface area contributed by atoms with Gasteiger partial charge in [0.05, 0.1) is 11.4 Å². The van der Waals surface area contributed by atoms with E-state index in [1.807, 2.05) is 71.4 Å². The number of nitrogens with zero attached hydrogens (tertiary/aromatic N) is 2. The Morgan fingerprint density at radius 3 is 2.28 bits per heavy atom. The van der Waals surface area contributed by atoms with E-state index in [4.69, 9.17) is 9.72 Å². The number of ether oxygens (including phenoxy) is 1. The first-order valence-corrected chi connectivity index (χ1v) is 9.97. The van der Waals surface area contributed by atoms with Gasteiger partial charge in [-0.2, -0.15) is 0 Å². The highest BCUT2D eigenvalue weighted by atomic mass is 32.2. The van der Waals surface area contributed by atoms with Gasteiger partial charge >= 0.3 is 5.97 Å². The number of hydrogen-bond donors (Lipinski definition) is 0. The molecule has 4 aromatic rings. The molecule has 0 spiro atoms. The molecule has 6 heteroatoms. The zero-order chi connectivity index (χ0) is 20.1. The van der Waals surface area contributed by atoms with Crippen molar-refractivity contribution in [3.63, 3.8) is 0 Å². The molecule has 0 radical (unpaired) electrons. The first-order chi connectivity index (χ1) is 14.2. The normalized spacial score (nSPS) is 10.7. The summed E-state index contributed by atoms with van der Waals surface area (Å²) in [5.74, 6) is -0.411. The number of rotatable bonds is 6. The maximum Gasteiger partial charge on any atom is 0.321 e. The molecule has 144 valence electrons. The van der Waals surface area contributed by atoms with Gasteiger partial charge in [0.15, 0.2) is 5.16 Å². The van der Waals surface area contributed by atoms with Crippen LogP contribution in [-0.2, 0) is 4.79 Å². The highest BCUT2D eigenvalue weighted by Gasteiger charge is 2.14. The lowest BCUT2D eigenvalue weighted by Crippen LogP contribution is -2.11. The van der Waals surface area contributed by atoms with Gasteiger partial charge in [0.2, 0.25) is 0 Å². The molecule has 0 fully saturated rings. The lowest BCUT2D eigenvalue weighted by Gasteiger charge is -2.07. The van der Waals surface area contributed by atoms with Crippen LogP contribution in [-0.4, -0.2) is 21.3 Å². The van der Waals surface area contributed by atoms with E-state index in [0.717, 1.165) is 16.9 Å². The van der Waals surface area contributed by atoms with Crippen molar-refractivity contribution < 1.29 is 13.9 Å². The maximum atomic E-state index is 13.0. The van der Waals surface area contributed by atoms with Gasteiger partial charge in [0, 0.05) is 17.4 Å². The van der Waals surface area contributed by atoms with Crippen molar-refractivity contribution in [1.29, 1.82) is 0 Å². The Balaban J connectivity index is 1.54. The van der Waals surface area contributed by atoms with E-state index in [0.29, 0.717) is 10.9 Å². The largest absolute Gasteiger partial charge is 0.426 e. The summed E-state index contributed by atoms with van der Waals surface area (Å²) >= 11 is 1.29. The van der Waals surface area contributed by atoms with Gasteiger partial charge in [-0.25, -0.2) is 9.37 Å². The van der Waals surface area contributed by atoms with E-state index in [1.165, 1.54) is 36.0 Å². The van der Waals surface area contributed by atoms with Crippen molar-refractivity contribution in [2.75, 3.05) is 5.75 Å². The molecule has 0 atom stereocenters. The van der Waals surface area contributed by atoms with Crippen LogP contribution in [0.2, 0.25) is 0 Å². The number of hydrogen-bond acceptors (Lipinski definition) is 4. The predicted octanol–water partition coefficient (Wildman–Crippen LogP) is 5.38. The van der Waals surface area contributed by atoms with Gasteiger partial charge in [0.25, 0.3) is 0 Å². The topological polar surface area (TPSA) is 44.1 Å². The zero-order valence-corrected chi connectivity index (χ0v) is 16.2. The van der Waals surface area contributed by atoms with E-state index in [-0.39, 0.29) is 11.6 Å². The van der Waals surface area contributed by atoms with Crippen LogP contribution < -0.4 is 4.74 Å². The van der Waals surface area contributed by atoms with Gasteiger partial charge in [-0.15, -0.1) is 0 Å². The Labute approximate surface area is 172 Å². The van der Waals surface area contributed by atoms with E-state index in [1.54, 1.807) is 0 Å². The number of esters is 1. The van der Waals surface area contributed by atoms with E-state index in [9.17, 15) is 9.18 Å². The summed E-state index contributed by atoms with van der Waals surface area (Å²) in [6, 6.07) is 25.1. The Bertz CT molecular complexity index is 1100. The molecule has 0 amide bonds. The standard InChI is InChI=1S/C23H17FN2O2S/c24-18-11-13-20(14-12-18)28-22(27)16-29-23-25-21(17-7-3-1-4-8-17)15-26(23)19-9-5-2-6-10-19/h1-15H,16H2. The highest BCUT2D eigenvalue weighted by molar-refractivity contribution is 7.99. The van der Waals surface area contributed by atoms with Crippen LogP contribution in [0.15, 0.2) is 96.3 Å². The molecule has 0 saturated carbocycles. The van der Waals surface area contributed by atoms with Crippen LogP contribution in [0.3, 0.4) is 0 Å². The fourth-order valence-electron chi connectivity index (χ4n) is 2.77. The third-order valence-electron chi connectivity index (χ3n) is 4.14. The van der Waals surface area contributed by atoms with E-state index in [2.05, 4.69) is 0 Å². The summed E-state index contributed by atoms with van der Waals surface area (Å²) in [5.41, 5.74) is 2.78. The molecule has 0 N–H and O–H groups in total. The first-order valence-electron chi connectivity index (χ1n) is 8.98. The lowest BCUT2D eigenvalue weighted by atomic mass is 10.2. The summed E-state index contributed by atoms with van der Waals surface area (Å²) in [6.45, 7) is 0. The molecule has 1 aromatic heterocycles. The van der Waals surface area contributed by atoms with Crippen molar-refractivity contribution in [2.24, 2.45) is 0 Å². The third kappa shape index (κ3) is 4.73. The molecule has 1 heterocycles. The second-order valence-electron chi connectivity index (χ2n) is 6.20.